The zero-order chi connectivity index (χ0) is 13.1. The molecule has 0 aliphatic rings. The highest BCUT2D eigenvalue weighted by Gasteiger charge is 2.05. The Hall–Kier alpha value is -1.19. The van der Waals surface area contributed by atoms with E-state index in [9.17, 15) is 0 Å². The molecular weight excluding hydrogens is 314 g/mol. The minimum atomic E-state index is 0.448. The van der Waals surface area contributed by atoms with E-state index in [2.05, 4.69) is 15.9 Å². The SMILES string of the molecule is Cc1ccc(Cl)c(OCc2ccc(N)cc2Br)c1. The van der Waals surface area contributed by atoms with Crippen LogP contribution in [-0.2, 0) is 6.61 Å². The fraction of sp³-hybridized carbons (Fsp3) is 0.143. The number of hydrogen-bond acceptors (Lipinski definition) is 2. The lowest BCUT2D eigenvalue weighted by molar-refractivity contribution is 0.305. The molecule has 0 atom stereocenters. The van der Waals surface area contributed by atoms with Gasteiger partial charge >= 0.3 is 0 Å². The van der Waals surface area contributed by atoms with E-state index in [4.69, 9.17) is 22.1 Å². The maximum atomic E-state index is 6.07. The molecule has 2 rings (SSSR count). The van der Waals surface area contributed by atoms with Crippen molar-refractivity contribution in [3.63, 3.8) is 0 Å². The van der Waals surface area contributed by atoms with Crippen molar-refractivity contribution in [3.8, 4) is 5.75 Å². The lowest BCUT2D eigenvalue weighted by Gasteiger charge is -2.10. The third kappa shape index (κ3) is 3.18. The fourth-order valence-electron chi connectivity index (χ4n) is 1.56. The second-order valence-corrected chi connectivity index (χ2v) is 5.33. The van der Waals surface area contributed by atoms with Crippen LogP contribution in [0.1, 0.15) is 11.1 Å². The van der Waals surface area contributed by atoms with Crippen molar-refractivity contribution in [1.82, 2.24) is 0 Å². The van der Waals surface area contributed by atoms with Crippen molar-refractivity contribution in [2.24, 2.45) is 0 Å². The maximum Gasteiger partial charge on any atom is 0.138 e. The molecule has 0 heterocycles. The van der Waals surface area contributed by atoms with Crippen molar-refractivity contribution in [2.75, 3.05) is 5.73 Å². The van der Waals surface area contributed by atoms with Gasteiger partial charge in [0.15, 0.2) is 0 Å². The minimum absolute atomic E-state index is 0.448. The Morgan fingerprint density at radius 2 is 2.00 bits per heavy atom. The van der Waals surface area contributed by atoms with Gasteiger partial charge in [-0.2, -0.15) is 0 Å². The van der Waals surface area contributed by atoms with E-state index in [0.717, 1.165) is 21.3 Å². The predicted molar refractivity (Wildman–Crippen MR) is 79.1 cm³/mol. The summed E-state index contributed by atoms with van der Waals surface area (Å²) in [5.41, 5.74) is 8.55. The van der Waals surface area contributed by atoms with Crippen molar-refractivity contribution < 1.29 is 4.74 Å². The fourth-order valence-corrected chi connectivity index (χ4v) is 2.24. The van der Waals surface area contributed by atoms with Gasteiger partial charge in [0.05, 0.1) is 5.02 Å². The van der Waals surface area contributed by atoms with Crippen LogP contribution in [0, 0.1) is 6.92 Å². The van der Waals surface area contributed by atoms with Crippen molar-refractivity contribution >= 4 is 33.2 Å². The average molecular weight is 327 g/mol. The van der Waals surface area contributed by atoms with Gasteiger partial charge in [0, 0.05) is 15.7 Å². The van der Waals surface area contributed by atoms with E-state index in [-0.39, 0.29) is 0 Å². The highest BCUT2D eigenvalue weighted by atomic mass is 79.9. The van der Waals surface area contributed by atoms with E-state index in [0.29, 0.717) is 17.4 Å². The lowest BCUT2D eigenvalue weighted by atomic mass is 10.2. The summed E-state index contributed by atoms with van der Waals surface area (Å²) in [7, 11) is 0. The van der Waals surface area contributed by atoms with Crippen molar-refractivity contribution in [2.45, 2.75) is 13.5 Å². The minimum Gasteiger partial charge on any atom is -0.487 e. The van der Waals surface area contributed by atoms with E-state index < -0.39 is 0 Å². The molecule has 0 aromatic heterocycles. The summed E-state index contributed by atoms with van der Waals surface area (Å²) in [6.45, 7) is 2.45. The number of nitrogen functional groups attached to an aromatic ring is 1. The zero-order valence-electron chi connectivity index (χ0n) is 9.91. The van der Waals surface area contributed by atoms with Crippen LogP contribution in [0.3, 0.4) is 0 Å². The largest absolute Gasteiger partial charge is 0.487 e. The molecule has 0 radical (unpaired) electrons. The molecule has 2 nitrogen and oxygen atoms in total. The molecule has 0 saturated carbocycles. The molecular formula is C14H13BrClNO. The third-order valence-corrected chi connectivity index (χ3v) is 3.60. The molecule has 0 unspecified atom stereocenters. The van der Waals surface area contributed by atoms with E-state index in [1.807, 2.05) is 43.3 Å². The Bertz CT molecular complexity index is 572. The number of aryl methyl sites for hydroxylation is 1. The Kier molecular flexibility index (Phi) is 4.15. The van der Waals surface area contributed by atoms with E-state index in [1.54, 1.807) is 0 Å². The topological polar surface area (TPSA) is 35.2 Å². The summed E-state index contributed by atoms with van der Waals surface area (Å²) in [6.07, 6.45) is 0. The standard InChI is InChI=1S/C14H13BrClNO/c1-9-2-5-13(16)14(6-9)18-8-10-3-4-11(17)7-12(10)15/h2-7H,8,17H2,1H3. The lowest BCUT2D eigenvalue weighted by Crippen LogP contribution is -1.98. The second kappa shape index (κ2) is 5.63. The molecule has 0 amide bonds. The van der Waals surface area contributed by atoms with Gasteiger partial charge in [-0.1, -0.05) is 39.7 Å². The average Bonchev–Trinajstić information content (AvgIpc) is 2.32. The smallest absolute Gasteiger partial charge is 0.138 e. The second-order valence-electron chi connectivity index (χ2n) is 4.07. The zero-order valence-corrected chi connectivity index (χ0v) is 12.3. The first kappa shape index (κ1) is 13.2. The van der Waals surface area contributed by atoms with Crippen LogP contribution in [0.4, 0.5) is 5.69 Å². The van der Waals surface area contributed by atoms with E-state index in [1.165, 1.54) is 0 Å². The number of halogens is 2. The molecule has 0 aliphatic carbocycles. The summed E-state index contributed by atoms with van der Waals surface area (Å²) in [4.78, 5) is 0. The molecule has 18 heavy (non-hydrogen) atoms. The Balaban J connectivity index is 2.13. The Labute approximate surface area is 120 Å². The van der Waals surface area contributed by atoms with Gasteiger partial charge < -0.3 is 10.5 Å². The molecule has 4 heteroatoms. The summed E-state index contributed by atoms with van der Waals surface area (Å²) in [5.74, 6) is 0.695. The maximum absolute atomic E-state index is 6.07. The van der Waals surface area contributed by atoms with Crippen molar-refractivity contribution in [1.29, 1.82) is 0 Å². The number of ether oxygens (including phenoxy) is 1. The van der Waals surface area contributed by atoms with Crippen LogP contribution < -0.4 is 10.5 Å². The molecule has 0 bridgehead atoms. The van der Waals surface area contributed by atoms with Crippen LogP contribution in [0.2, 0.25) is 5.02 Å². The van der Waals surface area contributed by atoms with E-state index >= 15 is 0 Å². The summed E-state index contributed by atoms with van der Waals surface area (Å²) in [5, 5.41) is 0.618. The number of hydrogen-bond donors (Lipinski definition) is 1. The molecule has 94 valence electrons. The normalized spacial score (nSPS) is 10.4. The van der Waals surface area contributed by atoms with Gasteiger partial charge in [0.1, 0.15) is 12.4 Å². The molecule has 2 N–H and O–H groups in total. The molecule has 2 aromatic rings. The number of nitrogens with two attached hydrogens (primary N) is 1. The molecule has 2 aromatic carbocycles. The number of anilines is 1. The summed E-state index contributed by atoms with van der Waals surface area (Å²) >= 11 is 9.53. The van der Waals surface area contributed by atoms with Gasteiger partial charge in [-0.05, 0) is 36.8 Å². The summed E-state index contributed by atoms with van der Waals surface area (Å²) < 4.78 is 6.66. The van der Waals surface area contributed by atoms with Crippen LogP contribution in [-0.4, -0.2) is 0 Å². The highest BCUT2D eigenvalue weighted by Crippen LogP contribution is 2.27. The Morgan fingerprint density at radius 1 is 1.22 bits per heavy atom. The molecule has 0 saturated heterocycles. The van der Waals surface area contributed by atoms with Crippen LogP contribution >= 0.6 is 27.5 Å². The van der Waals surface area contributed by atoms with Gasteiger partial charge in [0.25, 0.3) is 0 Å². The molecule has 0 aliphatic heterocycles. The van der Waals surface area contributed by atoms with Crippen molar-refractivity contribution in [3.05, 3.63) is 57.0 Å². The predicted octanol–water partition coefficient (Wildman–Crippen LogP) is 4.57. The number of benzene rings is 2. The molecule has 0 spiro atoms. The highest BCUT2D eigenvalue weighted by molar-refractivity contribution is 9.10. The summed E-state index contributed by atoms with van der Waals surface area (Å²) in [6, 6.07) is 11.4. The number of rotatable bonds is 3. The third-order valence-electron chi connectivity index (χ3n) is 2.55. The van der Waals surface area contributed by atoms with Gasteiger partial charge in [-0.3, -0.25) is 0 Å². The van der Waals surface area contributed by atoms with Crippen LogP contribution in [0.5, 0.6) is 5.75 Å². The first-order chi connectivity index (χ1) is 8.56. The molecule has 0 fully saturated rings. The van der Waals surface area contributed by atoms with Gasteiger partial charge in [0.2, 0.25) is 0 Å². The quantitative estimate of drug-likeness (QED) is 0.838. The van der Waals surface area contributed by atoms with Gasteiger partial charge in [-0.15, -0.1) is 0 Å². The first-order valence-electron chi connectivity index (χ1n) is 5.49. The van der Waals surface area contributed by atoms with Gasteiger partial charge in [-0.25, -0.2) is 0 Å². The van der Waals surface area contributed by atoms with Crippen LogP contribution in [0.15, 0.2) is 40.9 Å². The van der Waals surface area contributed by atoms with Crippen LogP contribution in [0.25, 0.3) is 0 Å². The first-order valence-corrected chi connectivity index (χ1v) is 6.66. The Morgan fingerprint density at radius 3 is 2.72 bits per heavy atom. The monoisotopic (exact) mass is 325 g/mol.